The maximum absolute atomic E-state index is 8.89. The van der Waals surface area contributed by atoms with Gasteiger partial charge in [-0.15, -0.1) is 11.8 Å². The molecule has 0 aliphatic carbocycles. The zero-order chi connectivity index (χ0) is 10.6. The van der Waals surface area contributed by atoms with E-state index in [2.05, 4.69) is 6.07 Å². The molecule has 1 rings (SSSR count). The van der Waals surface area contributed by atoms with Crippen molar-refractivity contribution in [3.8, 4) is 6.07 Å². The molecule has 0 aliphatic rings. The van der Waals surface area contributed by atoms with Crippen LogP contribution >= 0.6 is 11.8 Å². The Bertz CT molecular complexity index is 360. The highest BCUT2D eigenvalue weighted by Crippen LogP contribution is 2.29. The molecule has 3 N–H and O–H groups in total. The van der Waals surface area contributed by atoms with E-state index in [1.54, 1.807) is 18.2 Å². The number of aliphatic hydroxyl groups excluding tert-OH is 1. The van der Waals surface area contributed by atoms with E-state index in [9.17, 15) is 0 Å². The number of thioether (sulfide) groups is 1. The van der Waals surface area contributed by atoms with Gasteiger partial charge in [0.2, 0.25) is 0 Å². The van der Waals surface area contributed by atoms with Gasteiger partial charge in [0.25, 0.3) is 0 Å². The zero-order valence-corrected chi connectivity index (χ0v) is 8.71. The van der Waals surface area contributed by atoms with Crippen LogP contribution in [-0.2, 0) is 0 Å². The smallest absolute Gasteiger partial charge is 0.0992 e. The molecule has 0 fully saturated rings. The minimum Gasteiger partial charge on any atom is -0.398 e. The molecule has 14 heavy (non-hydrogen) atoms. The third kappa shape index (κ3) is 2.66. The van der Waals surface area contributed by atoms with Crippen molar-refractivity contribution in [3.63, 3.8) is 0 Å². The second kappa shape index (κ2) is 4.89. The van der Waals surface area contributed by atoms with E-state index in [1.165, 1.54) is 11.8 Å². The highest BCUT2D eigenvalue weighted by molar-refractivity contribution is 8.00. The minimum absolute atomic E-state index is 0.0891. The van der Waals surface area contributed by atoms with Crippen LogP contribution in [0.25, 0.3) is 0 Å². The summed E-state index contributed by atoms with van der Waals surface area (Å²) in [4.78, 5) is 0.852. The van der Waals surface area contributed by atoms with E-state index in [1.807, 2.05) is 6.92 Å². The molecule has 0 radical (unpaired) electrons. The van der Waals surface area contributed by atoms with E-state index in [4.69, 9.17) is 16.1 Å². The molecule has 0 amide bonds. The van der Waals surface area contributed by atoms with Gasteiger partial charge in [-0.2, -0.15) is 5.26 Å². The fourth-order valence-electron chi connectivity index (χ4n) is 0.960. The van der Waals surface area contributed by atoms with Crippen LogP contribution in [0.15, 0.2) is 23.1 Å². The SMILES string of the molecule is CC(CO)Sc1cc(C#N)ccc1N. The monoisotopic (exact) mass is 208 g/mol. The van der Waals surface area contributed by atoms with Crippen LogP contribution in [0.4, 0.5) is 5.69 Å². The number of hydrogen-bond acceptors (Lipinski definition) is 4. The van der Waals surface area contributed by atoms with Crippen LogP contribution in [0.5, 0.6) is 0 Å². The number of hydrogen-bond donors (Lipinski definition) is 2. The van der Waals surface area contributed by atoms with Gasteiger partial charge in [-0.25, -0.2) is 0 Å². The van der Waals surface area contributed by atoms with Gasteiger partial charge in [-0.3, -0.25) is 0 Å². The lowest BCUT2D eigenvalue weighted by Gasteiger charge is -2.09. The van der Waals surface area contributed by atoms with Crippen molar-refractivity contribution in [2.24, 2.45) is 0 Å². The molecule has 3 nitrogen and oxygen atoms in total. The van der Waals surface area contributed by atoms with Gasteiger partial charge in [-0.05, 0) is 18.2 Å². The lowest BCUT2D eigenvalue weighted by molar-refractivity contribution is 0.300. The highest BCUT2D eigenvalue weighted by atomic mass is 32.2. The summed E-state index contributed by atoms with van der Waals surface area (Å²) in [6.07, 6.45) is 0. The number of nitrogens with two attached hydrogens (primary N) is 1. The molecule has 0 aliphatic heterocycles. The Balaban J connectivity index is 2.90. The van der Waals surface area contributed by atoms with Gasteiger partial charge >= 0.3 is 0 Å². The van der Waals surface area contributed by atoms with Crippen LogP contribution in [0, 0.1) is 11.3 Å². The standard InChI is InChI=1S/C10H12N2OS/c1-7(6-13)14-10-4-8(5-11)2-3-9(10)12/h2-4,7,13H,6,12H2,1H3. The summed E-state index contributed by atoms with van der Waals surface area (Å²) < 4.78 is 0. The minimum atomic E-state index is 0.0891. The summed E-state index contributed by atoms with van der Waals surface area (Å²) in [5.41, 5.74) is 6.97. The molecule has 1 unspecified atom stereocenters. The number of aliphatic hydroxyl groups is 1. The summed E-state index contributed by atoms with van der Waals surface area (Å²) in [6, 6.07) is 7.19. The lowest BCUT2D eigenvalue weighted by Crippen LogP contribution is -2.02. The molecule has 1 aromatic rings. The summed E-state index contributed by atoms with van der Waals surface area (Å²) in [6.45, 7) is 2.00. The van der Waals surface area contributed by atoms with Crippen LogP contribution in [-0.4, -0.2) is 17.0 Å². The van der Waals surface area contributed by atoms with E-state index in [0.717, 1.165) is 4.90 Å². The Kier molecular flexibility index (Phi) is 3.81. The average molecular weight is 208 g/mol. The van der Waals surface area contributed by atoms with Crippen LogP contribution in [0.3, 0.4) is 0 Å². The summed E-state index contributed by atoms with van der Waals surface area (Å²) >= 11 is 1.47. The van der Waals surface area contributed by atoms with Crippen molar-refractivity contribution in [2.75, 3.05) is 12.3 Å². The van der Waals surface area contributed by atoms with E-state index in [-0.39, 0.29) is 11.9 Å². The largest absolute Gasteiger partial charge is 0.398 e. The van der Waals surface area contributed by atoms with Crippen molar-refractivity contribution >= 4 is 17.4 Å². The molecule has 74 valence electrons. The normalized spacial score (nSPS) is 12.1. The Morgan fingerprint density at radius 3 is 2.93 bits per heavy atom. The van der Waals surface area contributed by atoms with Crippen molar-refractivity contribution in [1.82, 2.24) is 0 Å². The maximum atomic E-state index is 8.89. The van der Waals surface area contributed by atoms with Crippen LogP contribution in [0.2, 0.25) is 0 Å². The molecule has 0 saturated carbocycles. The number of nitrogens with zero attached hydrogens (tertiary/aromatic N) is 1. The van der Waals surface area contributed by atoms with Gasteiger partial charge < -0.3 is 10.8 Å². The topological polar surface area (TPSA) is 70.0 Å². The maximum Gasteiger partial charge on any atom is 0.0992 e. The number of nitriles is 1. The summed E-state index contributed by atoms with van der Waals surface area (Å²) in [7, 11) is 0. The van der Waals surface area contributed by atoms with Gasteiger partial charge in [-0.1, -0.05) is 6.92 Å². The lowest BCUT2D eigenvalue weighted by atomic mass is 10.2. The molecule has 0 saturated heterocycles. The Morgan fingerprint density at radius 2 is 2.36 bits per heavy atom. The number of benzene rings is 1. The van der Waals surface area contributed by atoms with E-state index in [0.29, 0.717) is 11.3 Å². The number of rotatable bonds is 3. The highest BCUT2D eigenvalue weighted by Gasteiger charge is 2.06. The average Bonchev–Trinajstić information content (AvgIpc) is 2.21. The van der Waals surface area contributed by atoms with E-state index < -0.39 is 0 Å². The first-order valence-electron chi connectivity index (χ1n) is 4.24. The second-order valence-electron chi connectivity index (χ2n) is 2.98. The molecule has 0 spiro atoms. The Labute approximate surface area is 87.5 Å². The van der Waals surface area contributed by atoms with Gasteiger partial charge in [0.1, 0.15) is 0 Å². The molecule has 0 heterocycles. The Morgan fingerprint density at radius 1 is 1.64 bits per heavy atom. The fourth-order valence-corrected chi connectivity index (χ4v) is 1.87. The molecule has 0 aromatic heterocycles. The zero-order valence-electron chi connectivity index (χ0n) is 7.90. The predicted molar refractivity (Wildman–Crippen MR) is 58.0 cm³/mol. The van der Waals surface area contributed by atoms with Gasteiger partial charge in [0.15, 0.2) is 0 Å². The predicted octanol–water partition coefficient (Wildman–Crippen LogP) is 1.61. The third-order valence-corrected chi connectivity index (χ3v) is 2.89. The first-order chi connectivity index (χ1) is 6.67. The van der Waals surface area contributed by atoms with Crippen molar-refractivity contribution < 1.29 is 5.11 Å². The van der Waals surface area contributed by atoms with Gasteiger partial charge in [0.05, 0.1) is 18.2 Å². The molecule has 4 heteroatoms. The van der Waals surface area contributed by atoms with Crippen molar-refractivity contribution in [1.29, 1.82) is 5.26 Å². The fraction of sp³-hybridized carbons (Fsp3) is 0.300. The Hall–Kier alpha value is -1.18. The third-order valence-electron chi connectivity index (χ3n) is 1.73. The van der Waals surface area contributed by atoms with Gasteiger partial charge in [0, 0.05) is 15.8 Å². The second-order valence-corrected chi connectivity index (χ2v) is 4.46. The summed E-state index contributed by atoms with van der Waals surface area (Å²) in [5.74, 6) is 0. The van der Waals surface area contributed by atoms with Crippen molar-refractivity contribution in [3.05, 3.63) is 23.8 Å². The number of nitrogen functional groups attached to an aromatic ring is 1. The number of anilines is 1. The molecular formula is C10H12N2OS. The van der Waals surface area contributed by atoms with Crippen LogP contribution < -0.4 is 5.73 Å². The molecule has 0 bridgehead atoms. The molecular weight excluding hydrogens is 196 g/mol. The molecule has 1 aromatic carbocycles. The quantitative estimate of drug-likeness (QED) is 0.585. The first kappa shape index (κ1) is 10.9. The molecule has 1 atom stereocenters. The summed E-state index contributed by atoms with van der Waals surface area (Å²) in [5, 5.41) is 17.7. The van der Waals surface area contributed by atoms with Crippen molar-refractivity contribution in [2.45, 2.75) is 17.1 Å². The van der Waals surface area contributed by atoms with Crippen LogP contribution in [0.1, 0.15) is 12.5 Å². The van der Waals surface area contributed by atoms with E-state index >= 15 is 0 Å². The first-order valence-corrected chi connectivity index (χ1v) is 5.12.